The summed E-state index contributed by atoms with van der Waals surface area (Å²) in [6.07, 6.45) is 0. The molecule has 0 aliphatic heterocycles. The lowest BCUT2D eigenvalue weighted by molar-refractivity contribution is -0.116. The fourth-order valence-electron chi connectivity index (χ4n) is 3.47. The van der Waals surface area contributed by atoms with E-state index in [9.17, 15) is 4.79 Å². The first-order valence-corrected chi connectivity index (χ1v) is 10.1. The zero-order valence-corrected chi connectivity index (χ0v) is 17.6. The Hall–Kier alpha value is -3.31. The molecule has 0 unspecified atom stereocenters. The number of amides is 1. The van der Waals surface area contributed by atoms with Gasteiger partial charge in [0.2, 0.25) is 5.91 Å². The number of carbonyl (C=O) groups excluding carboxylic acids is 1. The molecule has 1 amide bonds. The lowest BCUT2D eigenvalue weighted by Crippen LogP contribution is -2.21. The first-order chi connectivity index (χ1) is 14.5. The van der Waals surface area contributed by atoms with Crippen LogP contribution in [0, 0.1) is 13.8 Å². The van der Waals surface area contributed by atoms with Crippen molar-refractivity contribution in [2.75, 3.05) is 5.32 Å². The van der Waals surface area contributed by atoms with Crippen LogP contribution < -0.4 is 10.1 Å². The molecule has 0 bridgehead atoms. The van der Waals surface area contributed by atoms with E-state index in [1.165, 1.54) is 0 Å². The average Bonchev–Trinajstić information content (AvgIpc) is 3.07. The molecule has 0 radical (unpaired) electrons. The van der Waals surface area contributed by atoms with Crippen LogP contribution in [0.4, 0.5) is 5.69 Å². The van der Waals surface area contributed by atoms with Crippen molar-refractivity contribution in [2.24, 2.45) is 0 Å². The number of hydrogen-bond acceptors (Lipinski definition) is 3. The summed E-state index contributed by atoms with van der Waals surface area (Å²) >= 11 is 6.35. The number of nitrogens with one attached hydrogen (secondary N) is 1. The van der Waals surface area contributed by atoms with Gasteiger partial charge in [-0.2, -0.15) is 0 Å². The van der Waals surface area contributed by atoms with E-state index in [0.29, 0.717) is 16.5 Å². The van der Waals surface area contributed by atoms with E-state index >= 15 is 0 Å². The van der Waals surface area contributed by atoms with Gasteiger partial charge in [0.15, 0.2) is 0 Å². The van der Waals surface area contributed by atoms with Crippen LogP contribution in [0.5, 0.6) is 5.75 Å². The second-order valence-electron chi connectivity index (χ2n) is 7.19. The molecular formula is C24H22ClN3O2. The topological polar surface area (TPSA) is 56.2 Å². The van der Waals surface area contributed by atoms with Gasteiger partial charge in [-0.1, -0.05) is 48.0 Å². The minimum atomic E-state index is -0.173. The lowest BCUT2D eigenvalue weighted by atomic mass is 10.1. The molecule has 30 heavy (non-hydrogen) atoms. The first-order valence-electron chi connectivity index (χ1n) is 9.70. The molecule has 152 valence electrons. The fraction of sp³-hybridized carbons (Fsp3) is 0.167. The van der Waals surface area contributed by atoms with Crippen molar-refractivity contribution in [3.63, 3.8) is 0 Å². The Kier molecular flexibility index (Phi) is 5.72. The highest BCUT2D eigenvalue weighted by Gasteiger charge is 2.16. The maximum Gasteiger partial charge on any atom is 0.244 e. The fourth-order valence-corrected chi connectivity index (χ4v) is 3.84. The Morgan fingerprint density at radius 3 is 2.57 bits per heavy atom. The average molecular weight is 420 g/mol. The molecule has 0 saturated carbocycles. The number of anilines is 1. The summed E-state index contributed by atoms with van der Waals surface area (Å²) in [7, 11) is 0. The summed E-state index contributed by atoms with van der Waals surface area (Å²) in [4.78, 5) is 17.5. The van der Waals surface area contributed by atoms with Crippen LogP contribution >= 0.6 is 11.6 Å². The van der Waals surface area contributed by atoms with Crippen LogP contribution in [0.2, 0.25) is 5.02 Å². The molecule has 0 saturated heterocycles. The summed E-state index contributed by atoms with van der Waals surface area (Å²) in [5.74, 6) is 1.26. The molecule has 4 aromatic rings. The van der Waals surface area contributed by atoms with Gasteiger partial charge in [0.25, 0.3) is 0 Å². The molecule has 1 N–H and O–H groups in total. The zero-order valence-electron chi connectivity index (χ0n) is 16.9. The summed E-state index contributed by atoms with van der Waals surface area (Å²) < 4.78 is 7.76. The normalized spacial score (nSPS) is 10.9. The summed E-state index contributed by atoms with van der Waals surface area (Å²) in [5.41, 5.74) is 4.32. The van der Waals surface area contributed by atoms with Gasteiger partial charge >= 0.3 is 0 Å². The van der Waals surface area contributed by atoms with E-state index in [1.807, 2.05) is 85.1 Å². The lowest BCUT2D eigenvalue weighted by Gasteiger charge is -2.14. The van der Waals surface area contributed by atoms with Crippen molar-refractivity contribution >= 4 is 34.2 Å². The third kappa shape index (κ3) is 4.31. The predicted octanol–water partition coefficient (Wildman–Crippen LogP) is 5.52. The van der Waals surface area contributed by atoms with E-state index in [2.05, 4.69) is 10.3 Å². The van der Waals surface area contributed by atoms with Gasteiger partial charge in [-0.25, -0.2) is 4.98 Å². The largest absolute Gasteiger partial charge is 0.486 e. The highest BCUT2D eigenvalue weighted by atomic mass is 35.5. The number of aromatic nitrogens is 2. The van der Waals surface area contributed by atoms with E-state index in [-0.39, 0.29) is 19.1 Å². The second kappa shape index (κ2) is 8.59. The Bertz CT molecular complexity index is 1180. The van der Waals surface area contributed by atoms with Crippen molar-refractivity contribution in [3.05, 3.63) is 88.7 Å². The number of imidazole rings is 1. The molecule has 0 aliphatic carbocycles. The summed E-state index contributed by atoms with van der Waals surface area (Å²) in [5, 5.41) is 3.48. The standard InChI is InChI=1S/C24H22ClN3O2/c1-16-12-17(2)24(19(25)13-16)27-23(29)14-28-21-11-7-6-10-20(21)26-22(28)15-30-18-8-4-3-5-9-18/h3-13H,14-15H2,1-2H3,(H,27,29). The molecular weight excluding hydrogens is 398 g/mol. The smallest absolute Gasteiger partial charge is 0.244 e. The van der Waals surface area contributed by atoms with E-state index in [0.717, 1.165) is 27.9 Å². The SMILES string of the molecule is Cc1cc(C)c(NC(=O)Cn2c(COc3ccccc3)nc3ccccc32)c(Cl)c1. The minimum absolute atomic E-state index is 0.109. The molecule has 1 heterocycles. The highest BCUT2D eigenvalue weighted by Crippen LogP contribution is 2.27. The monoisotopic (exact) mass is 419 g/mol. The van der Waals surface area contributed by atoms with Gasteiger partial charge in [-0.15, -0.1) is 0 Å². The number of ether oxygens (including phenoxy) is 1. The molecule has 3 aromatic carbocycles. The summed E-state index contributed by atoms with van der Waals surface area (Å²) in [6.45, 7) is 4.27. The zero-order chi connectivity index (χ0) is 21.1. The quantitative estimate of drug-likeness (QED) is 0.447. The molecule has 5 nitrogen and oxygen atoms in total. The predicted molar refractivity (Wildman–Crippen MR) is 120 cm³/mol. The number of rotatable bonds is 6. The van der Waals surface area contributed by atoms with E-state index in [1.54, 1.807) is 0 Å². The first kappa shape index (κ1) is 20.0. The number of carbonyl (C=O) groups is 1. The molecule has 0 fully saturated rings. The summed E-state index contributed by atoms with van der Waals surface area (Å²) in [6, 6.07) is 21.1. The molecule has 0 spiro atoms. The third-order valence-electron chi connectivity index (χ3n) is 4.84. The van der Waals surface area contributed by atoms with Crippen LogP contribution in [0.3, 0.4) is 0 Å². The van der Waals surface area contributed by atoms with Crippen molar-refractivity contribution in [3.8, 4) is 5.75 Å². The second-order valence-corrected chi connectivity index (χ2v) is 7.60. The van der Waals surface area contributed by atoms with Crippen LogP contribution in [0.1, 0.15) is 17.0 Å². The number of benzene rings is 3. The third-order valence-corrected chi connectivity index (χ3v) is 5.14. The van der Waals surface area contributed by atoms with E-state index < -0.39 is 0 Å². The molecule has 4 rings (SSSR count). The van der Waals surface area contributed by atoms with Crippen molar-refractivity contribution in [1.82, 2.24) is 9.55 Å². The van der Waals surface area contributed by atoms with Crippen LogP contribution in [0.15, 0.2) is 66.7 Å². The van der Waals surface area contributed by atoms with Gasteiger partial charge in [0, 0.05) is 0 Å². The molecule has 0 atom stereocenters. The Balaban J connectivity index is 1.59. The molecule has 1 aromatic heterocycles. The Morgan fingerprint density at radius 2 is 1.80 bits per heavy atom. The number of hydrogen-bond donors (Lipinski definition) is 1. The minimum Gasteiger partial charge on any atom is -0.486 e. The number of halogens is 1. The highest BCUT2D eigenvalue weighted by molar-refractivity contribution is 6.34. The number of aryl methyl sites for hydroxylation is 2. The van der Waals surface area contributed by atoms with Gasteiger partial charge in [-0.3, -0.25) is 4.79 Å². The Morgan fingerprint density at radius 1 is 1.07 bits per heavy atom. The maximum absolute atomic E-state index is 12.9. The van der Waals surface area contributed by atoms with Crippen LogP contribution in [-0.2, 0) is 17.9 Å². The number of para-hydroxylation sites is 3. The van der Waals surface area contributed by atoms with Crippen molar-refractivity contribution < 1.29 is 9.53 Å². The van der Waals surface area contributed by atoms with Crippen LogP contribution in [0.25, 0.3) is 11.0 Å². The number of nitrogens with zero attached hydrogens (tertiary/aromatic N) is 2. The van der Waals surface area contributed by atoms with Crippen molar-refractivity contribution in [1.29, 1.82) is 0 Å². The number of fused-ring (bicyclic) bond motifs is 1. The van der Waals surface area contributed by atoms with Gasteiger partial charge in [0.05, 0.1) is 21.7 Å². The van der Waals surface area contributed by atoms with Gasteiger partial charge in [-0.05, 0) is 55.3 Å². The maximum atomic E-state index is 12.9. The van der Waals surface area contributed by atoms with Crippen molar-refractivity contribution in [2.45, 2.75) is 27.0 Å². The van der Waals surface area contributed by atoms with Gasteiger partial charge < -0.3 is 14.6 Å². The Labute approximate surface area is 180 Å². The molecule has 0 aliphatic rings. The van der Waals surface area contributed by atoms with E-state index in [4.69, 9.17) is 16.3 Å². The molecule has 6 heteroatoms. The van der Waals surface area contributed by atoms with Gasteiger partial charge in [0.1, 0.15) is 24.7 Å². The van der Waals surface area contributed by atoms with Crippen LogP contribution in [-0.4, -0.2) is 15.5 Å².